The summed E-state index contributed by atoms with van der Waals surface area (Å²) >= 11 is 0. The van der Waals surface area contributed by atoms with Crippen LogP contribution in [-0.2, 0) is 187 Å². The summed E-state index contributed by atoms with van der Waals surface area (Å²) in [6.07, 6.45) is 9.83. The van der Waals surface area contributed by atoms with Crippen molar-refractivity contribution in [1.82, 2.24) is 0 Å². The van der Waals surface area contributed by atoms with Gasteiger partial charge in [-0.05, 0) is 0 Å². The van der Waals surface area contributed by atoms with E-state index in [4.69, 9.17) is 19.0 Å². The largest absolute Gasteiger partial charge is 0.411 e. The van der Waals surface area contributed by atoms with Crippen LogP contribution in [0.25, 0.3) is 0 Å². The average molecular weight is 1090 g/mol. The van der Waals surface area contributed by atoms with Crippen LogP contribution in [0.4, 0.5) is 0 Å². The molecule has 1 saturated carbocycles. The molecule has 1 aliphatic carbocycles. The Hall–Kier alpha value is 5.87. The molecule has 4 unspecified atom stereocenters. The Labute approximate surface area is 310 Å². The molecule has 29 heavy (non-hydrogen) atoms. The molecule has 0 bridgehead atoms. The summed E-state index contributed by atoms with van der Waals surface area (Å²) in [5, 5.41) is 18.3. The maximum atomic E-state index is 9.18. The van der Waals surface area contributed by atoms with E-state index in [1.54, 1.807) is 13.3 Å². The maximum absolute atomic E-state index is 9.18. The third kappa shape index (κ3) is 36.1. The van der Waals surface area contributed by atoms with E-state index in [1.165, 1.54) is 0 Å². The molecule has 13 heteroatoms. The van der Waals surface area contributed by atoms with Crippen LogP contribution in [0.1, 0.15) is 26.7 Å². The summed E-state index contributed by atoms with van der Waals surface area (Å²) in [4.78, 5) is 0. The van der Waals surface area contributed by atoms with Gasteiger partial charge in [0.1, 0.15) is 0 Å². The van der Waals surface area contributed by atoms with Gasteiger partial charge in [-0.3, -0.25) is 21.0 Å². The topological polar surface area (TPSA) is 83.8 Å². The Bertz CT molecular complexity index is 300. The summed E-state index contributed by atoms with van der Waals surface area (Å²) in [6, 6.07) is 0. The van der Waals surface area contributed by atoms with Crippen molar-refractivity contribution >= 4 is 16.9 Å². The van der Waals surface area contributed by atoms with Crippen LogP contribution in [0.2, 0.25) is 0 Å². The number of rotatable bonds is 2. The van der Waals surface area contributed by atoms with Crippen molar-refractivity contribution in [1.29, 1.82) is 0 Å². The van der Waals surface area contributed by atoms with Gasteiger partial charge in [0.05, 0.1) is 6.61 Å². The van der Waals surface area contributed by atoms with Crippen LogP contribution in [0.3, 0.4) is 0 Å². The number of hydrogen-bond donors (Lipinski definition) is 2. The zero-order valence-corrected chi connectivity index (χ0v) is 36.6. The Morgan fingerprint density at radius 1 is 0.862 bits per heavy atom. The predicted molar refractivity (Wildman–Crippen MR) is 94.7 cm³/mol. The van der Waals surface area contributed by atoms with Crippen molar-refractivity contribution < 1.29 is 197 Å². The van der Waals surface area contributed by atoms with E-state index in [2.05, 4.69) is 12.8 Å². The van der Waals surface area contributed by atoms with Crippen molar-refractivity contribution in [2.75, 3.05) is 26.5 Å². The number of ether oxygens (including phenoxy) is 1. The van der Waals surface area contributed by atoms with Crippen LogP contribution in [0.5, 0.6) is 0 Å². The second-order valence-electron chi connectivity index (χ2n) is 4.91. The first-order valence-corrected chi connectivity index (χ1v) is 10.2. The molecule has 4 atom stereocenters. The summed E-state index contributed by atoms with van der Waals surface area (Å²) in [5.41, 5.74) is 0. The fourth-order valence-corrected chi connectivity index (χ4v) is 2.16. The summed E-state index contributed by atoms with van der Waals surface area (Å²) in [5.74, 6) is 0.605. The molecule has 0 amide bonds. The SMILES string of the molecule is CP=O.CP=O.C[CH-]C1[CH-]CCC1O.C[CH-]C1[CH-]COCC1O.[W].[W].[Y].[Y].[Y].[Y]. The molecule has 2 rings (SSSR count). The van der Waals surface area contributed by atoms with Gasteiger partial charge < -0.3 is 40.6 Å². The molecule has 2 aliphatic rings. The molecule has 2 N–H and O–H groups in total. The van der Waals surface area contributed by atoms with Crippen molar-refractivity contribution in [2.45, 2.75) is 38.9 Å². The van der Waals surface area contributed by atoms with E-state index in [-0.39, 0.29) is 208 Å². The van der Waals surface area contributed by atoms with Crippen molar-refractivity contribution in [3.8, 4) is 0 Å². The molecule has 0 aromatic heterocycles. The van der Waals surface area contributed by atoms with Crippen LogP contribution in [-0.4, -0.2) is 49.0 Å². The smallest absolute Gasteiger partial charge is 0.151 e. The average Bonchev–Trinajstić information content (AvgIpc) is 2.95. The van der Waals surface area contributed by atoms with Crippen LogP contribution in [0.15, 0.2) is 0 Å². The molecule has 0 aromatic carbocycles. The van der Waals surface area contributed by atoms with E-state index >= 15 is 0 Å². The Kier molecular flexibility index (Phi) is 83.9. The van der Waals surface area contributed by atoms with Gasteiger partial charge in [0.2, 0.25) is 0 Å². The number of aliphatic hydroxyl groups excluding tert-OH is 2. The fourth-order valence-electron chi connectivity index (χ4n) is 2.16. The zero-order valence-electron chi connectivity index (χ0n) is 17.6. The van der Waals surface area contributed by atoms with Crippen LogP contribution >= 0.6 is 16.9 Å². The van der Waals surface area contributed by atoms with Gasteiger partial charge in [0.15, 0.2) is 16.9 Å². The quantitative estimate of drug-likeness (QED) is 0.328. The van der Waals surface area contributed by atoms with Gasteiger partial charge in [0, 0.05) is 199 Å². The van der Waals surface area contributed by atoms with E-state index in [0.717, 1.165) is 12.8 Å². The Morgan fingerprint density at radius 3 is 1.45 bits per heavy atom. The Morgan fingerprint density at radius 2 is 1.24 bits per heavy atom. The monoisotopic (exact) mass is 1090 g/mol. The first kappa shape index (κ1) is 55.4. The molecule has 4 radical (unpaired) electrons. The van der Waals surface area contributed by atoms with Gasteiger partial charge in [-0.25, -0.2) is 0 Å². The zero-order chi connectivity index (χ0) is 18.1. The number of aliphatic hydroxyl groups is 2. The fraction of sp³-hybridized carbons (Fsp3) is 0.750. The van der Waals surface area contributed by atoms with E-state index in [0.29, 0.717) is 19.1 Å². The predicted octanol–water partition coefficient (Wildman–Crippen LogP) is 3.41. The molecule has 162 valence electrons. The second-order valence-corrected chi connectivity index (χ2v) is 5.64. The van der Waals surface area contributed by atoms with Crippen molar-refractivity contribution in [2.24, 2.45) is 11.8 Å². The number of hydrogen-bond acceptors (Lipinski definition) is 5. The minimum Gasteiger partial charge on any atom is -0.411 e. The first-order valence-electron chi connectivity index (χ1n) is 7.64. The van der Waals surface area contributed by atoms with Crippen molar-refractivity contribution in [3.63, 3.8) is 0 Å². The van der Waals surface area contributed by atoms with Crippen LogP contribution in [0, 0.1) is 37.5 Å². The first-order chi connectivity index (χ1) is 11.0. The Balaban J connectivity index is -0.0000000345. The van der Waals surface area contributed by atoms with Gasteiger partial charge in [0.25, 0.3) is 0 Å². The van der Waals surface area contributed by atoms with Gasteiger partial charge in [-0.15, -0.1) is 0 Å². The standard InChI is InChI=1S/C7H12O2.C7H12O.2CH3OP.2W.4Y/c1-2-6-3-4-9-5-7(6)8;1-2-6-4-3-5-7(6)8;2*1-3-2;;;;;;/h2-3,6-8H,4-5H2,1H3;2,4,6-8H,3,5H2,1H3;2*1H3;;;;;;/q2*-2;;;;;;;;. The molecule has 1 saturated heterocycles. The van der Waals surface area contributed by atoms with Crippen molar-refractivity contribution in [3.05, 3.63) is 25.7 Å². The van der Waals surface area contributed by atoms with Gasteiger partial charge in [-0.2, -0.15) is 20.3 Å². The summed E-state index contributed by atoms with van der Waals surface area (Å²) in [7, 11) is 0.333. The molecule has 0 spiro atoms. The molecule has 5 nitrogen and oxygen atoms in total. The molecule has 2 fully saturated rings. The minimum absolute atomic E-state index is 0. The van der Waals surface area contributed by atoms with E-state index in [1.807, 2.05) is 26.7 Å². The van der Waals surface area contributed by atoms with Gasteiger partial charge in [-0.1, -0.05) is 13.0 Å². The van der Waals surface area contributed by atoms with E-state index < -0.39 is 0 Å². The third-order valence-corrected chi connectivity index (χ3v) is 3.33. The summed E-state index contributed by atoms with van der Waals surface area (Å²) in [6.45, 7) is 8.18. The molecular weight excluding hydrogens is 1060 g/mol. The molecule has 1 aliphatic heterocycles. The van der Waals surface area contributed by atoms with Crippen LogP contribution < -0.4 is 0 Å². The maximum Gasteiger partial charge on any atom is 0.151 e. The van der Waals surface area contributed by atoms with Gasteiger partial charge >= 0.3 is 0 Å². The second kappa shape index (κ2) is 43.9. The van der Waals surface area contributed by atoms with E-state index in [9.17, 15) is 5.11 Å². The summed E-state index contributed by atoms with van der Waals surface area (Å²) < 4.78 is 22.8. The molecule has 0 aromatic rings. The molecule has 1 heterocycles. The minimum atomic E-state index is -0.316. The normalized spacial score (nSPS) is 23.4. The third-order valence-electron chi connectivity index (χ3n) is 3.33. The molecular formula is C16H30O5P2W2Y4-4.